The summed E-state index contributed by atoms with van der Waals surface area (Å²) >= 11 is 5.77. The van der Waals surface area contributed by atoms with Gasteiger partial charge >= 0.3 is 0 Å². The zero-order valence-electron chi connectivity index (χ0n) is 18.1. The highest BCUT2D eigenvalue weighted by Crippen LogP contribution is 2.19. The molecule has 3 atom stereocenters. The molecule has 1 aromatic rings. The van der Waals surface area contributed by atoms with Gasteiger partial charge in [0.2, 0.25) is 11.8 Å². The number of carbonyl (C=O) groups excluding carboxylic acids is 2. The van der Waals surface area contributed by atoms with E-state index in [4.69, 9.17) is 11.6 Å². The van der Waals surface area contributed by atoms with Crippen LogP contribution in [0.25, 0.3) is 6.08 Å². The molecule has 3 rings (SSSR count). The van der Waals surface area contributed by atoms with Crippen LogP contribution in [0.4, 0.5) is 4.39 Å². The summed E-state index contributed by atoms with van der Waals surface area (Å²) in [7, 11) is 0. The normalized spacial score (nSPS) is 25.5. The first kappa shape index (κ1) is 23.7. The number of hydrogen-bond acceptors (Lipinski definition) is 4. The van der Waals surface area contributed by atoms with E-state index in [0.29, 0.717) is 37.7 Å². The molecule has 2 amide bonds. The second kappa shape index (κ2) is 10.6. The molecule has 1 unspecified atom stereocenters. The van der Waals surface area contributed by atoms with Crippen LogP contribution >= 0.6 is 11.6 Å². The number of carbonyl (C=O) groups is 2. The van der Waals surface area contributed by atoms with Crippen molar-refractivity contribution in [2.45, 2.75) is 38.8 Å². The molecule has 8 heteroatoms. The van der Waals surface area contributed by atoms with Gasteiger partial charge in [-0.25, -0.2) is 4.39 Å². The number of likely N-dealkylation sites (tertiary alicyclic amines) is 1. The molecular formula is C23H31ClFN3O3. The average Bonchev–Trinajstić information content (AvgIpc) is 2.74. The molecule has 2 aliphatic rings. The molecule has 0 saturated carbocycles. The Balaban J connectivity index is 1.47. The predicted molar refractivity (Wildman–Crippen MR) is 119 cm³/mol. The minimum Gasteiger partial charge on any atom is -0.392 e. The van der Waals surface area contributed by atoms with Gasteiger partial charge in [0.1, 0.15) is 11.9 Å². The van der Waals surface area contributed by atoms with Crippen molar-refractivity contribution in [2.24, 2.45) is 5.92 Å². The Morgan fingerprint density at radius 1 is 1.26 bits per heavy atom. The smallest absolute Gasteiger partial charge is 0.247 e. The molecule has 170 valence electrons. The second-order valence-electron chi connectivity index (χ2n) is 8.53. The highest BCUT2D eigenvalue weighted by Gasteiger charge is 2.33. The van der Waals surface area contributed by atoms with E-state index in [0.717, 1.165) is 25.9 Å². The Hall–Kier alpha value is -1.96. The molecule has 0 bridgehead atoms. The topological polar surface area (TPSA) is 64.1 Å². The number of piperidine rings is 1. The van der Waals surface area contributed by atoms with Crippen LogP contribution in [-0.4, -0.2) is 83.0 Å². The summed E-state index contributed by atoms with van der Waals surface area (Å²) in [6.45, 7) is 7.98. The Bertz CT molecular complexity index is 834. The maximum atomic E-state index is 13.3. The standard InChI is InChI=1S/C23H31ClFN3O3/c1-16-8-11-26(15-21(16)29)9-3-10-27-12-13-28(17(2)23(27)31)22(30)7-5-18-4-6-20(25)19(24)14-18/h4-7,14,16-17,21,29H,3,8-13,15H2,1-2H3/b7-5+/t16-,17?,21+/m0/s1. The van der Waals surface area contributed by atoms with Crippen molar-refractivity contribution in [3.63, 3.8) is 0 Å². The molecule has 2 fully saturated rings. The van der Waals surface area contributed by atoms with E-state index < -0.39 is 11.9 Å². The SMILES string of the molecule is CC1C(=O)N(CCCN2CC[C@H](C)[C@H](O)C2)CCN1C(=O)/C=C/c1ccc(F)c(Cl)c1. The number of amides is 2. The van der Waals surface area contributed by atoms with Gasteiger partial charge in [-0.2, -0.15) is 0 Å². The van der Waals surface area contributed by atoms with Crippen molar-refractivity contribution in [3.05, 3.63) is 40.7 Å². The Labute approximate surface area is 188 Å². The lowest BCUT2D eigenvalue weighted by molar-refractivity contribution is -0.148. The molecule has 2 heterocycles. The summed E-state index contributed by atoms with van der Waals surface area (Å²) in [6, 6.07) is 3.72. The van der Waals surface area contributed by atoms with Crippen molar-refractivity contribution >= 4 is 29.5 Å². The molecule has 1 N–H and O–H groups in total. The minimum absolute atomic E-state index is 0.000309. The zero-order chi connectivity index (χ0) is 22.5. The number of aliphatic hydroxyl groups is 1. The fraction of sp³-hybridized carbons (Fsp3) is 0.565. The second-order valence-corrected chi connectivity index (χ2v) is 8.93. The quantitative estimate of drug-likeness (QED) is 0.675. The number of hydrogen-bond donors (Lipinski definition) is 1. The van der Waals surface area contributed by atoms with Gasteiger partial charge in [-0.05, 0) is 62.5 Å². The van der Waals surface area contributed by atoms with Crippen LogP contribution in [0.2, 0.25) is 5.02 Å². The first-order chi connectivity index (χ1) is 14.8. The number of piperazine rings is 1. The Kier molecular flexibility index (Phi) is 8.08. The van der Waals surface area contributed by atoms with Gasteiger partial charge in [-0.1, -0.05) is 24.6 Å². The molecule has 6 nitrogen and oxygen atoms in total. The molecule has 1 aromatic carbocycles. The van der Waals surface area contributed by atoms with E-state index in [2.05, 4.69) is 11.8 Å². The van der Waals surface area contributed by atoms with E-state index in [9.17, 15) is 19.1 Å². The fourth-order valence-corrected chi connectivity index (χ4v) is 4.32. The van der Waals surface area contributed by atoms with E-state index >= 15 is 0 Å². The van der Waals surface area contributed by atoms with Gasteiger partial charge in [-0.15, -0.1) is 0 Å². The Morgan fingerprint density at radius 3 is 2.74 bits per heavy atom. The van der Waals surface area contributed by atoms with Crippen molar-refractivity contribution in [3.8, 4) is 0 Å². The summed E-state index contributed by atoms with van der Waals surface area (Å²) < 4.78 is 13.3. The van der Waals surface area contributed by atoms with Crippen LogP contribution in [0.15, 0.2) is 24.3 Å². The van der Waals surface area contributed by atoms with Crippen LogP contribution in [0.5, 0.6) is 0 Å². The van der Waals surface area contributed by atoms with Gasteiger partial charge in [0.25, 0.3) is 0 Å². The first-order valence-corrected chi connectivity index (χ1v) is 11.3. The van der Waals surface area contributed by atoms with Crippen molar-refractivity contribution in [1.29, 1.82) is 0 Å². The number of benzene rings is 1. The largest absolute Gasteiger partial charge is 0.392 e. The molecule has 31 heavy (non-hydrogen) atoms. The molecule has 2 saturated heterocycles. The highest BCUT2D eigenvalue weighted by molar-refractivity contribution is 6.30. The molecule has 0 aliphatic carbocycles. The first-order valence-electron chi connectivity index (χ1n) is 10.9. The highest BCUT2D eigenvalue weighted by atomic mass is 35.5. The van der Waals surface area contributed by atoms with E-state index in [1.807, 2.05) is 4.90 Å². The van der Waals surface area contributed by atoms with Crippen LogP contribution in [-0.2, 0) is 9.59 Å². The predicted octanol–water partition coefficient (Wildman–Crippen LogP) is 2.64. The summed E-state index contributed by atoms with van der Waals surface area (Å²) in [5.74, 6) is -0.465. The number of halogens is 2. The third-order valence-corrected chi connectivity index (χ3v) is 6.59. The summed E-state index contributed by atoms with van der Waals surface area (Å²) in [6.07, 6.45) is 4.54. The van der Waals surface area contributed by atoms with Crippen LogP contribution in [0.3, 0.4) is 0 Å². The summed E-state index contributed by atoms with van der Waals surface area (Å²) in [4.78, 5) is 31.0. The third kappa shape index (κ3) is 6.05. The number of rotatable bonds is 6. The Morgan fingerprint density at radius 2 is 2.03 bits per heavy atom. The van der Waals surface area contributed by atoms with Gasteiger partial charge in [0.05, 0.1) is 11.1 Å². The average molecular weight is 452 g/mol. The number of β-amino-alcohol motifs (C(OH)–C–C–N with tert-alkyl or cyclic N) is 1. The van der Waals surface area contributed by atoms with Crippen molar-refractivity contribution in [1.82, 2.24) is 14.7 Å². The summed E-state index contributed by atoms with van der Waals surface area (Å²) in [5.41, 5.74) is 0.620. The lowest BCUT2D eigenvalue weighted by Gasteiger charge is -2.39. The zero-order valence-corrected chi connectivity index (χ0v) is 18.9. The van der Waals surface area contributed by atoms with Crippen LogP contribution in [0, 0.1) is 11.7 Å². The fourth-order valence-electron chi connectivity index (χ4n) is 4.13. The summed E-state index contributed by atoms with van der Waals surface area (Å²) in [5, 5.41) is 10.0. The van der Waals surface area contributed by atoms with Gasteiger partial charge in [0, 0.05) is 32.3 Å². The molecule has 0 spiro atoms. The van der Waals surface area contributed by atoms with Gasteiger partial charge < -0.3 is 19.8 Å². The molecule has 0 aromatic heterocycles. The maximum Gasteiger partial charge on any atom is 0.247 e. The molecule has 2 aliphatic heterocycles. The molecule has 0 radical (unpaired) electrons. The van der Waals surface area contributed by atoms with E-state index in [1.165, 1.54) is 18.2 Å². The minimum atomic E-state index is -0.527. The third-order valence-electron chi connectivity index (χ3n) is 6.30. The monoisotopic (exact) mass is 451 g/mol. The van der Waals surface area contributed by atoms with E-state index in [1.54, 1.807) is 24.0 Å². The lowest BCUT2D eigenvalue weighted by Crippen LogP contribution is -2.57. The van der Waals surface area contributed by atoms with Gasteiger partial charge in [-0.3, -0.25) is 9.59 Å². The van der Waals surface area contributed by atoms with Gasteiger partial charge in [0.15, 0.2) is 0 Å². The molecular weight excluding hydrogens is 421 g/mol. The van der Waals surface area contributed by atoms with Crippen LogP contribution in [0.1, 0.15) is 32.3 Å². The van der Waals surface area contributed by atoms with Crippen LogP contribution < -0.4 is 0 Å². The van der Waals surface area contributed by atoms with E-state index in [-0.39, 0.29) is 22.9 Å². The number of nitrogens with zero attached hydrogens (tertiary/aromatic N) is 3. The maximum absolute atomic E-state index is 13.3. The lowest BCUT2D eigenvalue weighted by atomic mass is 9.96. The van der Waals surface area contributed by atoms with Crippen molar-refractivity contribution in [2.75, 3.05) is 39.3 Å². The van der Waals surface area contributed by atoms with Crippen molar-refractivity contribution < 1.29 is 19.1 Å². The number of aliphatic hydroxyl groups excluding tert-OH is 1.